The van der Waals surface area contributed by atoms with Crippen LogP contribution in [0.3, 0.4) is 0 Å². The molecule has 1 unspecified atom stereocenters. The number of aromatic nitrogens is 1. The highest BCUT2D eigenvalue weighted by Crippen LogP contribution is 2.33. The lowest BCUT2D eigenvalue weighted by atomic mass is 10.0. The molecule has 1 aromatic heterocycles. The third-order valence-electron chi connectivity index (χ3n) is 4.81. The molecule has 1 aromatic carbocycles. The summed E-state index contributed by atoms with van der Waals surface area (Å²) in [6, 6.07) is 5.57. The molecule has 6 heteroatoms. The van der Waals surface area contributed by atoms with E-state index in [1.165, 1.54) is 12.8 Å². The van der Waals surface area contributed by atoms with Gasteiger partial charge in [-0.3, -0.25) is 9.59 Å². The number of carbonyl (C=O) groups excluding carboxylic acids is 2. The first kappa shape index (κ1) is 15.9. The summed E-state index contributed by atoms with van der Waals surface area (Å²) in [7, 11) is 0. The van der Waals surface area contributed by atoms with Gasteiger partial charge in [-0.2, -0.15) is 0 Å². The Bertz CT molecular complexity index is 852. The van der Waals surface area contributed by atoms with Crippen LogP contribution in [0.2, 0.25) is 0 Å². The van der Waals surface area contributed by atoms with Crippen molar-refractivity contribution < 1.29 is 14.0 Å². The summed E-state index contributed by atoms with van der Waals surface area (Å²) in [6.45, 7) is 3.72. The van der Waals surface area contributed by atoms with Crippen molar-refractivity contribution in [2.24, 2.45) is 5.92 Å². The quantitative estimate of drug-likeness (QED) is 0.877. The molecule has 2 heterocycles. The van der Waals surface area contributed by atoms with E-state index in [-0.39, 0.29) is 17.9 Å². The maximum absolute atomic E-state index is 12.5. The van der Waals surface area contributed by atoms with Gasteiger partial charge < -0.3 is 15.1 Å². The lowest BCUT2D eigenvalue weighted by Gasteiger charge is -2.14. The van der Waals surface area contributed by atoms with Crippen molar-refractivity contribution in [2.45, 2.75) is 45.6 Å². The lowest BCUT2D eigenvalue weighted by Crippen LogP contribution is -2.26. The van der Waals surface area contributed by atoms with E-state index >= 15 is 0 Å². The Kier molecular flexibility index (Phi) is 3.82. The maximum atomic E-state index is 12.5. The molecule has 1 saturated carbocycles. The van der Waals surface area contributed by atoms with E-state index in [2.05, 4.69) is 15.6 Å². The predicted octanol–water partition coefficient (Wildman–Crippen LogP) is 2.92. The van der Waals surface area contributed by atoms with Crippen molar-refractivity contribution in [2.75, 3.05) is 5.32 Å². The summed E-state index contributed by atoms with van der Waals surface area (Å²) in [6.07, 6.45) is 3.64. The molecule has 1 atom stereocenters. The average molecular weight is 339 g/mol. The van der Waals surface area contributed by atoms with Crippen LogP contribution in [0.4, 0.5) is 5.69 Å². The Balaban J connectivity index is 1.46. The van der Waals surface area contributed by atoms with Crippen molar-refractivity contribution >= 4 is 17.5 Å². The minimum Gasteiger partial charge on any atom is -0.435 e. The topological polar surface area (TPSA) is 84.2 Å². The van der Waals surface area contributed by atoms with Gasteiger partial charge in [-0.15, -0.1) is 0 Å². The van der Waals surface area contributed by atoms with E-state index in [0.717, 1.165) is 23.2 Å². The van der Waals surface area contributed by atoms with Crippen LogP contribution in [-0.4, -0.2) is 16.8 Å². The monoisotopic (exact) mass is 339 g/mol. The highest BCUT2D eigenvalue weighted by Gasteiger charge is 2.26. The molecule has 0 saturated heterocycles. The van der Waals surface area contributed by atoms with Crippen LogP contribution in [0.15, 0.2) is 22.6 Å². The third kappa shape index (κ3) is 3.29. The Morgan fingerprint density at radius 2 is 2.24 bits per heavy atom. The molecule has 130 valence electrons. The fourth-order valence-electron chi connectivity index (χ4n) is 3.18. The van der Waals surface area contributed by atoms with Gasteiger partial charge >= 0.3 is 0 Å². The van der Waals surface area contributed by atoms with Crippen LogP contribution in [-0.2, 0) is 17.6 Å². The van der Waals surface area contributed by atoms with Gasteiger partial charge in [-0.25, -0.2) is 4.98 Å². The van der Waals surface area contributed by atoms with E-state index in [9.17, 15) is 9.59 Å². The second-order valence-electron chi connectivity index (χ2n) is 7.01. The molecule has 2 amide bonds. The van der Waals surface area contributed by atoms with Gasteiger partial charge in [0, 0.05) is 12.1 Å². The Morgan fingerprint density at radius 3 is 3.00 bits per heavy atom. The van der Waals surface area contributed by atoms with Crippen molar-refractivity contribution in [1.29, 1.82) is 0 Å². The summed E-state index contributed by atoms with van der Waals surface area (Å²) < 4.78 is 5.67. The van der Waals surface area contributed by atoms with Crippen LogP contribution in [0.5, 0.6) is 0 Å². The molecule has 2 aromatic rings. The first-order chi connectivity index (χ1) is 12.0. The lowest BCUT2D eigenvalue weighted by molar-refractivity contribution is -0.115. The van der Waals surface area contributed by atoms with Crippen LogP contribution < -0.4 is 10.6 Å². The zero-order valence-electron chi connectivity index (χ0n) is 14.4. The Labute approximate surface area is 146 Å². The first-order valence-corrected chi connectivity index (χ1v) is 8.69. The molecule has 25 heavy (non-hydrogen) atoms. The fraction of sp³-hybridized carbons (Fsp3) is 0.421. The van der Waals surface area contributed by atoms with E-state index in [1.807, 2.05) is 25.1 Å². The van der Waals surface area contributed by atoms with Crippen LogP contribution >= 0.6 is 0 Å². The SMILES string of the molecule is Cc1nc(CC2CC2)oc1C(=O)NC(C)c1ccc2c(c1)CC(=O)N2. The average Bonchev–Trinajstić information content (AvgIpc) is 3.17. The number of anilines is 1. The zero-order chi connectivity index (χ0) is 17.6. The van der Waals surface area contributed by atoms with E-state index < -0.39 is 0 Å². The second kappa shape index (κ2) is 6.02. The van der Waals surface area contributed by atoms with Crippen molar-refractivity contribution in [1.82, 2.24) is 10.3 Å². The van der Waals surface area contributed by atoms with Gasteiger partial charge in [0.25, 0.3) is 5.91 Å². The smallest absolute Gasteiger partial charge is 0.289 e. The van der Waals surface area contributed by atoms with Gasteiger partial charge in [-0.1, -0.05) is 12.1 Å². The molecule has 0 bridgehead atoms. The number of amides is 2. The normalized spacial score (nSPS) is 17.1. The summed E-state index contributed by atoms with van der Waals surface area (Å²) in [4.78, 5) is 28.4. The van der Waals surface area contributed by atoms with Crippen LogP contribution in [0.25, 0.3) is 0 Å². The number of carbonyl (C=O) groups is 2. The number of nitrogens with zero attached hydrogens (tertiary/aromatic N) is 1. The molecule has 1 aliphatic heterocycles. The van der Waals surface area contributed by atoms with E-state index in [4.69, 9.17) is 4.42 Å². The number of aryl methyl sites for hydroxylation is 1. The standard InChI is InChI=1S/C19H21N3O3/c1-10(13-5-6-15-14(8-13)9-16(23)22-15)21-19(24)18-11(2)20-17(25-18)7-12-3-4-12/h5-6,8,10,12H,3-4,7,9H2,1-2H3,(H,21,24)(H,22,23). The highest BCUT2D eigenvalue weighted by molar-refractivity contribution is 5.99. The molecular formula is C19H21N3O3. The minimum atomic E-state index is -0.255. The molecule has 4 rings (SSSR count). The van der Waals surface area contributed by atoms with Crippen LogP contribution in [0.1, 0.15) is 59.1 Å². The second-order valence-corrected chi connectivity index (χ2v) is 7.01. The van der Waals surface area contributed by atoms with Crippen molar-refractivity contribution in [3.05, 3.63) is 46.7 Å². The summed E-state index contributed by atoms with van der Waals surface area (Å²) in [5, 5.41) is 5.77. The first-order valence-electron chi connectivity index (χ1n) is 8.69. The number of benzene rings is 1. The minimum absolute atomic E-state index is 0.00400. The third-order valence-corrected chi connectivity index (χ3v) is 4.81. The van der Waals surface area contributed by atoms with E-state index in [0.29, 0.717) is 29.7 Å². The van der Waals surface area contributed by atoms with Crippen LogP contribution in [0, 0.1) is 12.8 Å². The van der Waals surface area contributed by atoms with Crippen molar-refractivity contribution in [3.8, 4) is 0 Å². The van der Waals surface area contributed by atoms with Gasteiger partial charge in [0.2, 0.25) is 11.7 Å². The van der Waals surface area contributed by atoms with Gasteiger partial charge in [-0.05, 0) is 49.8 Å². The molecule has 2 N–H and O–H groups in total. The molecule has 2 aliphatic rings. The highest BCUT2D eigenvalue weighted by atomic mass is 16.4. The summed E-state index contributed by atoms with van der Waals surface area (Å²) in [5.41, 5.74) is 3.40. The zero-order valence-corrected chi connectivity index (χ0v) is 14.4. The number of hydrogen-bond donors (Lipinski definition) is 2. The maximum Gasteiger partial charge on any atom is 0.289 e. The van der Waals surface area contributed by atoms with Gasteiger partial charge in [0.15, 0.2) is 5.89 Å². The molecule has 0 radical (unpaired) electrons. The number of hydrogen-bond acceptors (Lipinski definition) is 4. The fourth-order valence-corrected chi connectivity index (χ4v) is 3.18. The summed E-state index contributed by atoms with van der Waals surface area (Å²) >= 11 is 0. The largest absolute Gasteiger partial charge is 0.435 e. The summed E-state index contributed by atoms with van der Waals surface area (Å²) in [5.74, 6) is 1.36. The number of rotatable bonds is 5. The predicted molar refractivity (Wildman–Crippen MR) is 92.3 cm³/mol. The Hall–Kier alpha value is -2.63. The molecular weight excluding hydrogens is 318 g/mol. The van der Waals surface area contributed by atoms with Gasteiger partial charge in [0.1, 0.15) is 0 Å². The molecule has 1 aliphatic carbocycles. The number of nitrogens with one attached hydrogen (secondary N) is 2. The van der Waals surface area contributed by atoms with Gasteiger partial charge in [0.05, 0.1) is 18.2 Å². The number of fused-ring (bicyclic) bond motifs is 1. The molecule has 6 nitrogen and oxygen atoms in total. The van der Waals surface area contributed by atoms with E-state index in [1.54, 1.807) is 6.92 Å². The molecule has 1 fully saturated rings. The molecule has 0 spiro atoms. The van der Waals surface area contributed by atoms with Crippen molar-refractivity contribution in [3.63, 3.8) is 0 Å². The number of oxazole rings is 1. The Morgan fingerprint density at radius 1 is 1.44 bits per heavy atom.